The van der Waals surface area contributed by atoms with Crippen molar-refractivity contribution in [3.8, 4) is 0 Å². The van der Waals surface area contributed by atoms with Crippen LogP contribution in [0.15, 0.2) is 58.1 Å². The fourth-order valence-corrected chi connectivity index (χ4v) is 6.46. The van der Waals surface area contributed by atoms with Crippen LogP contribution >= 0.6 is 15.9 Å². The smallest absolute Gasteiger partial charge is 0.326 e. The number of aliphatic carboxylic acids is 1. The lowest BCUT2D eigenvalue weighted by molar-refractivity contribution is -0.142. The first-order chi connectivity index (χ1) is 16.8. The van der Waals surface area contributed by atoms with Gasteiger partial charge in [-0.15, -0.1) is 0 Å². The largest absolute Gasteiger partial charge is 0.500 e. The Morgan fingerprint density at radius 1 is 1.11 bits per heavy atom. The van der Waals surface area contributed by atoms with Gasteiger partial charge in [0.2, 0.25) is 0 Å². The highest BCUT2D eigenvalue weighted by molar-refractivity contribution is 9.12. The number of nitrogens with one attached hydrogen (secondary N) is 1. The standard InChI is InChI=1S/C27H32BrNO6/c1-33-19-15-26(35-3,16-20(34-2)21(19)17-10-6-4-7-11-17)14-18(25(31)32)29-23-22(28)24(30)27(23)12-8-5-9-13-27/h4,6-7,10-11,15,18,29H,5,8-9,12-14,16H2,1-3H3,(H,31,32). The predicted octanol–water partition coefficient (Wildman–Crippen LogP) is 4.94. The van der Waals surface area contributed by atoms with Crippen molar-refractivity contribution in [2.45, 2.75) is 56.6 Å². The second kappa shape index (κ2) is 10.2. The number of hydrogen-bond acceptors (Lipinski definition) is 6. The fourth-order valence-electron chi connectivity index (χ4n) is 5.59. The van der Waals surface area contributed by atoms with E-state index in [1.54, 1.807) is 21.3 Å². The second-order valence-corrected chi connectivity index (χ2v) is 10.2. The summed E-state index contributed by atoms with van der Waals surface area (Å²) in [5.41, 5.74) is 0.894. The van der Waals surface area contributed by atoms with Crippen LogP contribution in [0.3, 0.4) is 0 Å². The molecule has 0 heterocycles. The summed E-state index contributed by atoms with van der Waals surface area (Å²) in [7, 11) is 4.74. The number of carboxylic acid groups (broad SMARTS) is 1. The zero-order chi connectivity index (χ0) is 25.2. The quantitative estimate of drug-likeness (QED) is 0.454. The molecule has 0 amide bonds. The van der Waals surface area contributed by atoms with Gasteiger partial charge in [-0.2, -0.15) is 0 Å². The number of carboxylic acids is 1. The number of halogens is 1. The summed E-state index contributed by atoms with van der Waals surface area (Å²) in [6.45, 7) is 0. The first-order valence-corrected chi connectivity index (χ1v) is 12.7. The maximum atomic E-state index is 12.8. The van der Waals surface area contributed by atoms with E-state index < -0.39 is 23.0 Å². The number of Topliss-reactive ketones (excluding diaryl/α,β-unsaturated/α-hetero) is 1. The van der Waals surface area contributed by atoms with Gasteiger partial charge in [-0.3, -0.25) is 4.79 Å². The van der Waals surface area contributed by atoms with Gasteiger partial charge in [-0.05, 0) is 40.4 Å². The maximum absolute atomic E-state index is 12.8. The molecular weight excluding hydrogens is 514 g/mol. The van der Waals surface area contributed by atoms with Crippen LogP contribution in [-0.2, 0) is 23.8 Å². The van der Waals surface area contributed by atoms with Gasteiger partial charge >= 0.3 is 5.97 Å². The summed E-state index contributed by atoms with van der Waals surface area (Å²) < 4.78 is 17.9. The molecule has 1 saturated carbocycles. The molecule has 1 aromatic carbocycles. The number of allylic oxidation sites excluding steroid dienone is 3. The Bertz CT molecular complexity index is 1090. The van der Waals surface area contributed by atoms with Crippen molar-refractivity contribution in [3.63, 3.8) is 0 Å². The van der Waals surface area contributed by atoms with Crippen LogP contribution in [0.2, 0.25) is 0 Å². The van der Waals surface area contributed by atoms with Crippen LogP contribution in [0, 0.1) is 5.41 Å². The van der Waals surface area contributed by atoms with E-state index in [0.29, 0.717) is 28.1 Å². The van der Waals surface area contributed by atoms with Gasteiger partial charge in [0.1, 0.15) is 17.6 Å². The molecule has 1 fully saturated rings. The van der Waals surface area contributed by atoms with E-state index in [2.05, 4.69) is 21.2 Å². The van der Waals surface area contributed by atoms with E-state index in [0.717, 1.165) is 43.2 Å². The molecule has 7 nitrogen and oxygen atoms in total. The minimum atomic E-state index is -1.01. The molecule has 3 aliphatic rings. The van der Waals surface area contributed by atoms with E-state index in [-0.39, 0.29) is 12.2 Å². The molecule has 0 aliphatic heterocycles. The number of carbonyl (C=O) groups excluding carboxylic acids is 1. The Morgan fingerprint density at radius 2 is 1.80 bits per heavy atom. The Hall–Kier alpha value is -2.58. The van der Waals surface area contributed by atoms with Gasteiger partial charge < -0.3 is 24.6 Å². The number of rotatable bonds is 9. The topological polar surface area (TPSA) is 94.1 Å². The lowest BCUT2D eigenvalue weighted by Crippen LogP contribution is -2.54. The molecule has 0 aromatic heterocycles. The number of methoxy groups -OCH3 is 3. The molecule has 188 valence electrons. The lowest BCUT2D eigenvalue weighted by Gasteiger charge is -2.46. The molecular formula is C27H32BrNO6. The normalized spacial score (nSPS) is 24.6. The molecule has 2 atom stereocenters. The second-order valence-electron chi connectivity index (χ2n) is 9.43. The molecule has 0 bridgehead atoms. The summed E-state index contributed by atoms with van der Waals surface area (Å²) in [4.78, 5) is 25.2. The highest BCUT2D eigenvalue weighted by atomic mass is 79.9. The van der Waals surface area contributed by atoms with Crippen molar-refractivity contribution in [1.82, 2.24) is 5.32 Å². The van der Waals surface area contributed by atoms with Gasteiger partial charge in [0.15, 0.2) is 5.78 Å². The number of hydrogen-bond donors (Lipinski definition) is 2. The maximum Gasteiger partial charge on any atom is 0.326 e. The predicted molar refractivity (Wildman–Crippen MR) is 135 cm³/mol. The van der Waals surface area contributed by atoms with Crippen molar-refractivity contribution in [1.29, 1.82) is 0 Å². The van der Waals surface area contributed by atoms with Gasteiger partial charge in [0.05, 0.1) is 35.3 Å². The van der Waals surface area contributed by atoms with Crippen LogP contribution in [-0.4, -0.2) is 49.8 Å². The zero-order valence-corrected chi connectivity index (χ0v) is 21.9. The van der Waals surface area contributed by atoms with Crippen molar-refractivity contribution in [2.24, 2.45) is 5.41 Å². The summed E-state index contributed by atoms with van der Waals surface area (Å²) >= 11 is 3.40. The van der Waals surface area contributed by atoms with Crippen molar-refractivity contribution in [2.75, 3.05) is 21.3 Å². The first-order valence-electron chi connectivity index (χ1n) is 11.9. The molecule has 8 heteroatoms. The molecule has 3 aliphatic carbocycles. The van der Waals surface area contributed by atoms with Crippen LogP contribution < -0.4 is 5.32 Å². The van der Waals surface area contributed by atoms with E-state index in [9.17, 15) is 14.7 Å². The Balaban J connectivity index is 1.65. The number of benzene rings is 1. The summed E-state index contributed by atoms with van der Waals surface area (Å²) in [5.74, 6) is 0.281. The average molecular weight is 546 g/mol. The molecule has 35 heavy (non-hydrogen) atoms. The van der Waals surface area contributed by atoms with E-state index >= 15 is 0 Å². The third-order valence-corrected chi connectivity index (χ3v) is 8.28. The van der Waals surface area contributed by atoms with Crippen LogP contribution in [0.1, 0.15) is 50.5 Å². The van der Waals surface area contributed by atoms with E-state index in [1.807, 2.05) is 36.4 Å². The fraction of sp³-hybridized carbons (Fsp3) is 0.481. The Kier molecular flexibility index (Phi) is 7.43. The minimum Gasteiger partial charge on any atom is -0.500 e. The summed E-state index contributed by atoms with van der Waals surface area (Å²) in [6, 6.07) is 8.80. The number of ether oxygens (including phenoxy) is 3. The van der Waals surface area contributed by atoms with Crippen molar-refractivity contribution in [3.05, 3.63) is 63.7 Å². The van der Waals surface area contributed by atoms with Gasteiger partial charge in [0, 0.05) is 25.6 Å². The SMILES string of the molecule is COC1=CC(CC(NC2=C(Br)C(=O)C23CCCCC3)C(=O)O)(OC)CC(OC)=C1c1ccccc1. The molecule has 0 saturated heterocycles. The lowest BCUT2D eigenvalue weighted by atomic mass is 9.62. The highest BCUT2D eigenvalue weighted by Gasteiger charge is 2.54. The average Bonchev–Trinajstić information content (AvgIpc) is 2.90. The summed E-state index contributed by atoms with van der Waals surface area (Å²) in [6.07, 6.45) is 6.81. The van der Waals surface area contributed by atoms with Crippen LogP contribution in [0.4, 0.5) is 0 Å². The Morgan fingerprint density at radius 3 is 2.37 bits per heavy atom. The number of carbonyl (C=O) groups is 2. The molecule has 1 aromatic rings. The van der Waals surface area contributed by atoms with Crippen LogP contribution in [0.25, 0.3) is 5.57 Å². The number of ketones is 1. The van der Waals surface area contributed by atoms with Crippen molar-refractivity contribution < 1.29 is 28.9 Å². The van der Waals surface area contributed by atoms with Gasteiger partial charge in [0.25, 0.3) is 0 Å². The third kappa shape index (κ3) is 4.54. The Labute approximate surface area is 214 Å². The minimum absolute atomic E-state index is 0.0710. The monoisotopic (exact) mass is 545 g/mol. The third-order valence-electron chi connectivity index (χ3n) is 7.52. The van der Waals surface area contributed by atoms with E-state index in [4.69, 9.17) is 14.2 Å². The van der Waals surface area contributed by atoms with Gasteiger partial charge in [-0.25, -0.2) is 4.79 Å². The summed E-state index contributed by atoms with van der Waals surface area (Å²) in [5, 5.41) is 13.4. The van der Waals surface area contributed by atoms with Crippen LogP contribution in [0.5, 0.6) is 0 Å². The molecule has 2 N–H and O–H groups in total. The highest BCUT2D eigenvalue weighted by Crippen LogP contribution is 2.53. The zero-order valence-electron chi connectivity index (χ0n) is 20.4. The molecule has 4 rings (SSSR count). The molecule has 2 unspecified atom stereocenters. The van der Waals surface area contributed by atoms with E-state index in [1.165, 1.54) is 0 Å². The van der Waals surface area contributed by atoms with Crippen molar-refractivity contribution >= 4 is 33.3 Å². The first kappa shape index (κ1) is 25.5. The molecule has 1 spiro atoms. The molecule has 0 radical (unpaired) electrons. The van der Waals surface area contributed by atoms with Gasteiger partial charge in [-0.1, -0.05) is 49.6 Å².